The number of benzene rings is 1. The molecule has 0 radical (unpaired) electrons. The molecule has 8 nitrogen and oxygen atoms in total. The molecule has 1 N–H and O–H groups in total. The van der Waals surface area contributed by atoms with Gasteiger partial charge < -0.3 is 10.1 Å². The topological polar surface area (TPSA) is 91.0 Å². The SMILES string of the molecule is Cc1ccccc1-c1cc2ncc(NC(=O)c3ccnn3C)cc2n1C(=O)OC(C)(C)C. The Morgan fingerprint density at radius 3 is 2.50 bits per heavy atom. The molecule has 0 bridgehead atoms. The molecule has 1 amide bonds. The van der Waals surface area contributed by atoms with E-state index in [1.54, 1.807) is 31.6 Å². The Bertz CT molecular complexity index is 1330. The fourth-order valence-corrected chi connectivity index (χ4v) is 3.50. The van der Waals surface area contributed by atoms with E-state index in [1.165, 1.54) is 9.25 Å². The number of amides is 1. The number of rotatable bonds is 3. The smallest absolute Gasteiger partial charge is 0.419 e. The van der Waals surface area contributed by atoms with Gasteiger partial charge in [0.1, 0.15) is 11.3 Å². The summed E-state index contributed by atoms with van der Waals surface area (Å²) in [5, 5.41) is 6.85. The van der Waals surface area contributed by atoms with Gasteiger partial charge >= 0.3 is 6.09 Å². The van der Waals surface area contributed by atoms with Crippen molar-refractivity contribution in [2.24, 2.45) is 7.05 Å². The van der Waals surface area contributed by atoms with Gasteiger partial charge in [-0.25, -0.2) is 9.36 Å². The highest BCUT2D eigenvalue weighted by atomic mass is 16.6. The summed E-state index contributed by atoms with van der Waals surface area (Å²) in [5.41, 5.74) is 3.95. The molecule has 0 aliphatic heterocycles. The monoisotopic (exact) mass is 431 g/mol. The molecule has 4 rings (SSSR count). The lowest BCUT2D eigenvalue weighted by Crippen LogP contribution is -2.27. The van der Waals surface area contributed by atoms with Crippen LogP contribution in [0.3, 0.4) is 0 Å². The fourth-order valence-electron chi connectivity index (χ4n) is 3.50. The fraction of sp³-hybridized carbons (Fsp3) is 0.250. The lowest BCUT2D eigenvalue weighted by molar-refractivity contribution is 0.0547. The molecule has 0 atom stereocenters. The summed E-state index contributed by atoms with van der Waals surface area (Å²) in [4.78, 5) is 30.3. The quantitative estimate of drug-likeness (QED) is 0.504. The molecule has 0 aliphatic carbocycles. The molecule has 32 heavy (non-hydrogen) atoms. The van der Waals surface area contributed by atoms with Gasteiger partial charge in [-0.2, -0.15) is 5.10 Å². The number of fused-ring (bicyclic) bond motifs is 1. The number of nitrogens with zero attached hydrogens (tertiary/aromatic N) is 4. The van der Waals surface area contributed by atoms with E-state index < -0.39 is 11.7 Å². The molecule has 0 unspecified atom stereocenters. The molecule has 0 saturated carbocycles. The highest BCUT2D eigenvalue weighted by molar-refractivity contribution is 6.04. The van der Waals surface area contributed by atoms with Crippen LogP contribution in [0, 0.1) is 6.92 Å². The normalized spacial score (nSPS) is 11.5. The van der Waals surface area contributed by atoms with Crippen LogP contribution in [-0.2, 0) is 11.8 Å². The van der Waals surface area contributed by atoms with Crippen molar-refractivity contribution >= 4 is 28.7 Å². The van der Waals surface area contributed by atoms with Gasteiger partial charge in [-0.3, -0.25) is 14.5 Å². The van der Waals surface area contributed by atoms with Gasteiger partial charge in [0, 0.05) is 18.8 Å². The Morgan fingerprint density at radius 2 is 1.84 bits per heavy atom. The number of hydrogen-bond donors (Lipinski definition) is 1. The Hall–Kier alpha value is -3.94. The Morgan fingerprint density at radius 1 is 1.09 bits per heavy atom. The lowest BCUT2D eigenvalue weighted by Gasteiger charge is -2.21. The first-order chi connectivity index (χ1) is 15.1. The number of nitrogens with one attached hydrogen (secondary N) is 1. The number of pyridine rings is 1. The molecule has 0 saturated heterocycles. The molecule has 0 fully saturated rings. The van der Waals surface area contributed by atoms with Crippen molar-refractivity contribution < 1.29 is 14.3 Å². The van der Waals surface area contributed by atoms with Crippen molar-refractivity contribution in [3.05, 3.63) is 66.1 Å². The van der Waals surface area contributed by atoms with Gasteiger partial charge in [0.05, 0.1) is 28.6 Å². The zero-order valence-electron chi connectivity index (χ0n) is 18.7. The van der Waals surface area contributed by atoms with Crippen molar-refractivity contribution in [1.29, 1.82) is 0 Å². The summed E-state index contributed by atoms with van der Waals surface area (Å²) in [6.07, 6.45) is 2.61. The summed E-state index contributed by atoms with van der Waals surface area (Å²) in [6.45, 7) is 7.45. The first kappa shape index (κ1) is 21.3. The first-order valence-electron chi connectivity index (χ1n) is 10.2. The second-order valence-corrected chi connectivity index (χ2v) is 8.58. The molecule has 3 aromatic heterocycles. The van der Waals surface area contributed by atoms with Gasteiger partial charge in [-0.15, -0.1) is 0 Å². The van der Waals surface area contributed by atoms with Gasteiger partial charge in [-0.1, -0.05) is 24.3 Å². The molecule has 164 valence electrons. The van der Waals surface area contributed by atoms with Crippen LogP contribution in [0.5, 0.6) is 0 Å². The Kier molecular flexibility index (Phi) is 5.30. The number of carbonyl (C=O) groups is 2. The summed E-state index contributed by atoms with van der Waals surface area (Å²) in [7, 11) is 1.69. The summed E-state index contributed by atoms with van der Waals surface area (Å²) < 4.78 is 8.68. The lowest BCUT2D eigenvalue weighted by atomic mass is 10.1. The van der Waals surface area contributed by atoms with Crippen LogP contribution in [0.15, 0.2) is 54.9 Å². The van der Waals surface area contributed by atoms with Crippen LogP contribution in [-0.4, -0.2) is 36.9 Å². The zero-order chi connectivity index (χ0) is 23.0. The maximum atomic E-state index is 13.2. The molecule has 0 spiro atoms. The van der Waals surface area contributed by atoms with Crippen molar-refractivity contribution in [3.8, 4) is 11.3 Å². The van der Waals surface area contributed by atoms with Crippen molar-refractivity contribution in [2.45, 2.75) is 33.3 Å². The van der Waals surface area contributed by atoms with E-state index in [-0.39, 0.29) is 5.91 Å². The van der Waals surface area contributed by atoms with E-state index in [0.717, 1.165) is 11.1 Å². The zero-order valence-corrected chi connectivity index (χ0v) is 18.7. The average Bonchev–Trinajstić information content (AvgIpc) is 3.30. The van der Waals surface area contributed by atoms with Gasteiger partial charge in [0.25, 0.3) is 5.91 Å². The Balaban J connectivity index is 1.83. The standard InChI is InChI=1S/C24H25N5O3/c1-15-8-6-7-9-17(15)20-13-18-21(29(20)23(31)32-24(2,3)4)12-16(14-25-18)27-22(30)19-10-11-26-28(19)5/h6-14H,1-5H3,(H,27,30). The van der Waals surface area contributed by atoms with E-state index in [0.29, 0.717) is 28.1 Å². The third-order valence-electron chi connectivity index (χ3n) is 4.96. The van der Waals surface area contributed by atoms with E-state index in [9.17, 15) is 9.59 Å². The van der Waals surface area contributed by atoms with Crippen LogP contribution in [0.25, 0.3) is 22.3 Å². The summed E-state index contributed by atoms with van der Waals surface area (Å²) >= 11 is 0. The van der Waals surface area contributed by atoms with Crippen molar-refractivity contribution in [3.63, 3.8) is 0 Å². The minimum Gasteiger partial charge on any atom is -0.443 e. The van der Waals surface area contributed by atoms with Crippen LogP contribution in [0.4, 0.5) is 10.5 Å². The molecule has 3 heterocycles. The number of ether oxygens (including phenoxy) is 1. The largest absolute Gasteiger partial charge is 0.443 e. The second kappa shape index (κ2) is 7.96. The van der Waals surface area contributed by atoms with Crippen LogP contribution in [0.1, 0.15) is 36.8 Å². The number of anilines is 1. The predicted octanol–water partition coefficient (Wildman–Crippen LogP) is 4.78. The molecular weight excluding hydrogens is 406 g/mol. The van der Waals surface area contributed by atoms with E-state index in [4.69, 9.17) is 4.74 Å². The van der Waals surface area contributed by atoms with Crippen molar-refractivity contribution in [2.75, 3.05) is 5.32 Å². The van der Waals surface area contributed by atoms with Gasteiger partial charge in [0.2, 0.25) is 0 Å². The van der Waals surface area contributed by atoms with Crippen LogP contribution < -0.4 is 5.32 Å². The number of carbonyl (C=O) groups excluding carboxylic acids is 2. The van der Waals surface area contributed by atoms with E-state index in [2.05, 4.69) is 15.4 Å². The molecule has 0 aliphatic rings. The average molecular weight is 431 g/mol. The number of aromatic nitrogens is 4. The van der Waals surface area contributed by atoms with Crippen LogP contribution in [0.2, 0.25) is 0 Å². The first-order valence-corrected chi connectivity index (χ1v) is 10.2. The maximum absolute atomic E-state index is 13.2. The third kappa shape index (κ3) is 4.12. The van der Waals surface area contributed by atoms with Gasteiger partial charge in [-0.05, 0) is 51.5 Å². The maximum Gasteiger partial charge on any atom is 0.419 e. The predicted molar refractivity (Wildman–Crippen MR) is 123 cm³/mol. The number of hydrogen-bond acceptors (Lipinski definition) is 5. The van der Waals surface area contributed by atoms with Gasteiger partial charge in [0.15, 0.2) is 0 Å². The highest BCUT2D eigenvalue weighted by Gasteiger charge is 2.24. The molecule has 4 aromatic rings. The third-order valence-corrected chi connectivity index (χ3v) is 4.96. The minimum atomic E-state index is -0.671. The number of aryl methyl sites for hydroxylation is 2. The molecule has 1 aromatic carbocycles. The van der Waals surface area contributed by atoms with E-state index in [1.807, 2.05) is 58.0 Å². The Labute approximate surface area is 185 Å². The van der Waals surface area contributed by atoms with Crippen LogP contribution >= 0.6 is 0 Å². The minimum absolute atomic E-state index is 0.319. The molecule has 8 heteroatoms. The van der Waals surface area contributed by atoms with E-state index >= 15 is 0 Å². The summed E-state index contributed by atoms with van der Waals surface area (Å²) in [6, 6.07) is 13.0. The summed E-state index contributed by atoms with van der Waals surface area (Å²) in [5.74, 6) is -0.319. The van der Waals surface area contributed by atoms with Crippen molar-refractivity contribution in [1.82, 2.24) is 19.3 Å². The highest BCUT2D eigenvalue weighted by Crippen LogP contribution is 2.31. The second-order valence-electron chi connectivity index (χ2n) is 8.58. The molecular formula is C24H25N5O3.